The van der Waals surface area contributed by atoms with E-state index in [1.165, 1.54) is 10.4 Å². The van der Waals surface area contributed by atoms with E-state index in [-0.39, 0.29) is 16.9 Å². The minimum absolute atomic E-state index is 0.0431. The highest BCUT2D eigenvalue weighted by Gasteiger charge is 2.52. The molecule has 1 unspecified atom stereocenters. The lowest BCUT2D eigenvalue weighted by molar-refractivity contribution is -0.153. The lowest BCUT2D eigenvalue weighted by Crippen LogP contribution is -2.68. The normalized spacial score (nSPS) is 19.8. The summed E-state index contributed by atoms with van der Waals surface area (Å²) < 4.78 is 45.1. The van der Waals surface area contributed by atoms with Crippen molar-refractivity contribution in [2.75, 3.05) is 20.5 Å². The predicted octanol–water partition coefficient (Wildman–Crippen LogP) is 8.65. The Morgan fingerprint density at radius 2 is 1.35 bits per heavy atom. The summed E-state index contributed by atoms with van der Waals surface area (Å²) in [5.41, 5.74) is 0.447. The molecule has 3 aromatic carbocycles. The maximum absolute atomic E-state index is 13.7. The van der Waals surface area contributed by atoms with Crippen LogP contribution in [0.3, 0.4) is 0 Å². The molecule has 1 aliphatic rings. The second-order valence-corrected chi connectivity index (χ2v) is 26.2. The smallest absolute Gasteiger partial charge is 0.338 e. The molecule has 0 aliphatic carbocycles. The van der Waals surface area contributed by atoms with Crippen molar-refractivity contribution >= 4 is 33.0 Å². The van der Waals surface area contributed by atoms with E-state index in [0.29, 0.717) is 18.6 Å². The van der Waals surface area contributed by atoms with Crippen LogP contribution >= 0.6 is 0 Å². The quantitative estimate of drug-likeness (QED) is 0.0584. The molecule has 296 valence electrons. The molecule has 10 heteroatoms. The molecule has 0 amide bonds. The highest BCUT2D eigenvalue weighted by Crippen LogP contribution is 2.40. The number of carbonyl (C=O) groups excluding carboxylic acids is 1. The lowest BCUT2D eigenvalue weighted by Gasteiger charge is -2.45. The summed E-state index contributed by atoms with van der Waals surface area (Å²) in [6.07, 6.45) is 1.54. The molecule has 0 radical (unpaired) electrons. The van der Waals surface area contributed by atoms with Crippen molar-refractivity contribution in [1.82, 2.24) is 0 Å². The number of rotatable bonds is 17. The number of ether oxygens (including phenoxy) is 5. The first-order valence-electron chi connectivity index (χ1n) is 19.1. The average Bonchev–Trinajstić information content (AvgIpc) is 3.43. The average molecular weight is 777 g/mol. The van der Waals surface area contributed by atoms with Crippen LogP contribution in [0, 0.1) is 0 Å². The summed E-state index contributed by atoms with van der Waals surface area (Å²) in [4.78, 5) is 13.7. The number of benzene rings is 3. The topological polar surface area (TPSA) is 81.7 Å². The monoisotopic (exact) mass is 776 g/mol. The van der Waals surface area contributed by atoms with Crippen molar-refractivity contribution in [3.63, 3.8) is 0 Å². The summed E-state index contributed by atoms with van der Waals surface area (Å²) in [6, 6.07) is 30.0. The van der Waals surface area contributed by atoms with Gasteiger partial charge in [-0.2, -0.15) is 0 Å². The minimum atomic E-state index is -2.94. The Balaban J connectivity index is 1.72. The first kappa shape index (κ1) is 43.8. The third kappa shape index (κ3) is 10.9. The molecule has 0 N–H and O–H groups in total. The van der Waals surface area contributed by atoms with Crippen LogP contribution in [-0.4, -0.2) is 79.4 Å². The van der Waals surface area contributed by atoms with Crippen molar-refractivity contribution in [3.8, 4) is 0 Å². The van der Waals surface area contributed by atoms with Gasteiger partial charge in [0.25, 0.3) is 8.32 Å². The zero-order valence-electron chi connectivity index (χ0n) is 34.6. The molecule has 0 spiro atoms. The second kappa shape index (κ2) is 18.3. The first-order chi connectivity index (χ1) is 25.3. The number of esters is 1. The molecule has 1 heterocycles. The molecule has 0 bridgehead atoms. The molecule has 1 saturated heterocycles. The van der Waals surface area contributed by atoms with Gasteiger partial charge in [-0.25, -0.2) is 4.79 Å². The zero-order valence-corrected chi connectivity index (χ0v) is 36.6. The van der Waals surface area contributed by atoms with E-state index in [9.17, 15) is 4.79 Å². The summed E-state index contributed by atoms with van der Waals surface area (Å²) >= 11 is 0. The van der Waals surface area contributed by atoms with E-state index < -0.39 is 58.9 Å². The largest absolute Gasteiger partial charge is 0.452 e. The minimum Gasteiger partial charge on any atom is -0.452 e. The van der Waals surface area contributed by atoms with Crippen LogP contribution in [0.25, 0.3) is 0 Å². The fraction of sp³-hybridized carbons (Fsp3) is 0.523. The Kier molecular flexibility index (Phi) is 14.9. The van der Waals surface area contributed by atoms with Gasteiger partial charge in [0.15, 0.2) is 14.1 Å². The van der Waals surface area contributed by atoms with Gasteiger partial charge in [-0.15, -0.1) is 0 Å². The fourth-order valence-corrected chi connectivity index (χ4v) is 12.5. The lowest BCUT2D eigenvalue weighted by atomic mass is 10.0. The molecule has 5 atom stereocenters. The summed E-state index contributed by atoms with van der Waals surface area (Å²) in [5, 5.41) is 2.16. The van der Waals surface area contributed by atoms with Gasteiger partial charge in [-0.3, -0.25) is 0 Å². The highest BCUT2D eigenvalue weighted by atomic mass is 28.4. The molecular weight excluding hydrogens is 713 g/mol. The zero-order chi connectivity index (χ0) is 39.8. The van der Waals surface area contributed by atoms with Crippen LogP contribution in [-0.2, 0) is 32.5 Å². The standard InChI is InChI=1S/C44H64O8Si2/c1-33(52-54(43(5,6)7,35-24-18-14-19-25-35)36-26-20-15-21-27-36)37(47-32-46-10)28-29-38(49-41(45)34-22-16-13-17-23-34)40-39(50-44(8,9)51-40)30-31-48-53(11,12)42(2,3)4/h13-29,33,37-40H,30-32H2,1-12H3/b29-28-/t33-,37+,38?,39-,40+/m0/s1. The summed E-state index contributed by atoms with van der Waals surface area (Å²) in [7, 11) is -3.34. The molecule has 1 aliphatic heterocycles. The van der Waals surface area contributed by atoms with Gasteiger partial charge in [-0.05, 0) is 78.9 Å². The third-order valence-electron chi connectivity index (χ3n) is 10.6. The first-order valence-corrected chi connectivity index (χ1v) is 24.0. The number of carbonyl (C=O) groups is 1. The van der Waals surface area contributed by atoms with E-state index >= 15 is 0 Å². The molecule has 1 fully saturated rings. The molecule has 3 aromatic rings. The maximum atomic E-state index is 13.7. The van der Waals surface area contributed by atoms with E-state index in [4.69, 9.17) is 32.5 Å². The second-order valence-electron chi connectivity index (χ2n) is 17.2. The Hall–Kier alpha value is -2.94. The summed E-state index contributed by atoms with van der Waals surface area (Å²) in [6.45, 7) is 24.3. The van der Waals surface area contributed by atoms with Gasteiger partial charge in [0.05, 0.1) is 17.8 Å². The van der Waals surface area contributed by atoms with Crippen molar-refractivity contribution in [2.45, 2.75) is 128 Å². The number of hydrogen-bond donors (Lipinski definition) is 0. The van der Waals surface area contributed by atoms with E-state index in [1.807, 2.05) is 63.3 Å². The van der Waals surface area contributed by atoms with Crippen LogP contribution in [0.15, 0.2) is 103 Å². The third-order valence-corrected chi connectivity index (χ3v) is 20.2. The molecule has 0 saturated carbocycles. The van der Waals surface area contributed by atoms with E-state index in [2.05, 4.69) is 103 Å². The molecule has 54 heavy (non-hydrogen) atoms. The van der Waals surface area contributed by atoms with Crippen molar-refractivity contribution in [1.29, 1.82) is 0 Å². The van der Waals surface area contributed by atoms with Gasteiger partial charge in [0.1, 0.15) is 25.1 Å². The number of hydrogen-bond acceptors (Lipinski definition) is 8. The van der Waals surface area contributed by atoms with E-state index in [0.717, 1.165) is 0 Å². The number of methoxy groups -OCH3 is 1. The molecular formula is C44H64O8Si2. The van der Waals surface area contributed by atoms with Gasteiger partial charge >= 0.3 is 5.97 Å². The van der Waals surface area contributed by atoms with Gasteiger partial charge in [0, 0.05) is 13.7 Å². The predicted molar refractivity (Wildman–Crippen MR) is 221 cm³/mol. The molecule has 8 nitrogen and oxygen atoms in total. The van der Waals surface area contributed by atoms with Crippen molar-refractivity contribution in [2.24, 2.45) is 0 Å². The molecule has 4 rings (SSSR count). The van der Waals surface area contributed by atoms with Crippen LogP contribution in [0.5, 0.6) is 0 Å². The Bertz CT molecular complexity index is 1580. The Morgan fingerprint density at radius 1 is 0.815 bits per heavy atom. The highest BCUT2D eigenvalue weighted by molar-refractivity contribution is 6.99. The van der Waals surface area contributed by atoms with Crippen LogP contribution < -0.4 is 10.4 Å². The van der Waals surface area contributed by atoms with E-state index in [1.54, 1.807) is 19.2 Å². The Morgan fingerprint density at radius 3 is 1.85 bits per heavy atom. The van der Waals surface area contributed by atoms with Crippen molar-refractivity contribution < 1.29 is 37.3 Å². The van der Waals surface area contributed by atoms with Crippen LogP contribution in [0.2, 0.25) is 23.2 Å². The van der Waals surface area contributed by atoms with Crippen LogP contribution in [0.1, 0.15) is 79.1 Å². The van der Waals surface area contributed by atoms with Gasteiger partial charge in [0.2, 0.25) is 0 Å². The van der Waals surface area contributed by atoms with Crippen molar-refractivity contribution in [3.05, 3.63) is 109 Å². The van der Waals surface area contributed by atoms with Gasteiger partial charge in [-0.1, -0.05) is 126 Å². The fourth-order valence-electron chi connectivity index (χ4n) is 6.74. The van der Waals surface area contributed by atoms with Gasteiger partial charge < -0.3 is 32.5 Å². The molecule has 0 aromatic heterocycles. The Labute approximate surface area is 326 Å². The van der Waals surface area contributed by atoms with Crippen LogP contribution in [0.4, 0.5) is 0 Å². The SMILES string of the molecule is COCO[C@H](/C=C\C(OC(=O)c1ccccc1)[C@H]1OC(C)(C)O[C@H]1CCO[Si](C)(C)C(C)(C)C)[C@H](C)O[Si](c1ccccc1)(c1ccccc1)C(C)(C)C. The summed E-state index contributed by atoms with van der Waals surface area (Å²) in [5.74, 6) is -1.36. The maximum Gasteiger partial charge on any atom is 0.338 e.